The molecule has 0 unspecified atom stereocenters. The third kappa shape index (κ3) is 4.48. The van der Waals surface area contributed by atoms with Gasteiger partial charge in [-0.1, -0.05) is 182 Å². The van der Waals surface area contributed by atoms with Gasteiger partial charge in [0.25, 0.3) is 0 Å². The topological polar surface area (TPSA) is 6.48 Å². The molecule has 1 aliphatic carbocycles. The fourth-order valence-electron chi connectivity index (χ4n) is 11.5. The molecule has 0 atom stereocenters. The standard InChI is InChI=1S/C56H47BN2/c1-54(2,3)36-28-31-46(41(33-36)34-18-9-8-10-19-34)58-48-32-35-20-11-12-21-37(35)49-40-23-17-26-44-52(40)59(47-27-16-15-25-43(47)55(44,4)5)57(51(48)49)45-30-29-39-38-22-13-14-24-42(38)56(6,7)50(39)53(45)58/h8-33H,1-7H3. The van der Waals surface area contributed by atoms with Crippen molar-refractivity contribution in [2.45, 2.75) is 64.7 Å². The van der Waals surface area contributed by atoms with E-state index in [1.807, 2.05) is 0 Å². The number of anilines is 5. The molecular formula is C56H47BN2. The van der Waals surface area contributed by atoms with Crippen molar-refractivity contribution in [3.05, 3.63) is 186 Å². The van der Waals surface area contributed by atoms with Crippen LogP contribution in [0, 0.1) is 0 Å². The molecule has 8 aromatic carbocycles. The van der Waals surface area contributed by atoms with Gasteiger partial charge in [0.05, 0.1) is 5.69 Å². The summed E-state index contributed by atoms with van der Waals surface area (Å²) in [4.78, 5) is 5.44. The normalized spacial score (nSPS) is 15.9. The van der Waals surface area contributed by atoms with E-state index in [0.717, 1.165) is 0 Å². The average Bonchev–Trinajstić information content (AvgIpc) is 3.48. The van der Waals surface area contributed by atoms with E-state index in [1.165, 1.54) is 111 Å². The van der Waals surface area contributed by atoms with Gasteiger partial charge in [0.2, 0.25) is 0 Å². The largest absolute Gasteiger partial charge is 0.376 e. The van der Waals surface area contributed by atoms with Gasteiger partial charge in [-0.3, -0.25) is 0 Å². The summed E-state index contributed by atoms with van der Waals surface area (Å²) >= 11 is 0. The lowest BCUT2D eigenvalue weighted by atomic mass is 9.41. The molecule has 0 saturated heterocycles. The van der Waals surface area contributed by atoms with Crippen molar-refractivity contribution in [3.63, 3.8) is 0 Å². The van der Waals surface area contributed by atoms with Crippen LogP contribution in [0.4, 0.5) is 28.4 Å². The van der Waals surface area contributed by atoms with Gasteiger partial charge in [0.15, 0.2) is 0 Å². The molecule has 0 fully saturated rings. The Kier molecular flexibility index (Phi) is 6.86. The monoisotopic (exact) mass is 758 g/mol. The summed E-state index contributed by atoms with van der Waals surface area (Å²) in [7, 11) is 0. The highest BCUT2D eigenvalue weighted by atomic mass is 15.2. The lowest BCUT2D eigenvalue weighted by Gasteiger charge is -2.52. The van der Waals surface area contributed by atoms with Gasteiger partial charge in [-0.15, -0.1) is 0 Å². The number of hydrogen-bond donors (Lipinski definition) is 0. The fourth-order valence-corrected chi connectivity index (χ4v) is 11.5. The second-order valence-electron chi connectivity index (χ2n) is 19.3. The Bertz CT molecular complexity index is 3110. The molecule has 0 amide bonds. The van der Waals surface area contributed by atoms with E-state index in [4.69, 9.17) is 0 Å². The first-order chi connectivity index (χ1) is 28.5. The van der Waals surface area contributed by atoms with Crippen molar-refractivity contribution < 1.29 is 0 Å². The Hall–Kier alpha value is -6.32. The van der Waals surface area contributed by atoms with Crippen molar-refractivity contribution in [1.29, 1.82) is 0 Å². The first-order valence-electron chi connectivity index (χ1n) is 21.3. The average molecular weight is 759 g/mol. The maximum atomic E-state index is 2.74. The number of fused-ring (bicyclic) bond motifs is 12. The smallest absolute Gasteiger partial charge is 0.333 e. The molecule has 284 valence electrons. The van der Waals surface area contributed by atoms with Crippen molar-refractivity contribution >= 4 is 57.0 Å². The molecule has 0 N–H and O–H groups in total. The van der Waals surface area contributed by atoms with Crippen LogP contribution in [0.5, 0.6) is 0 Å². The van der Waals surface area contributed by atoms with Gasteiger partial charge in [-0.05, 0) is 101 Å². The van der Waals surface area contributed by atoms with Crippen LogP contribution in [0.3, 0.4) is 0 Å². The number of para-hydroxylation sites is 2. The Balaban J connectivity index is 1.29. The number of benzene rings is 8. The van der Waals surface area contributed by atoms with Gasteiger partial charge in [0.1, 0.15) is 0 Å². The Morgan fingerprint density at radius 3 is 2.00 bits per heavy atom. The van der Waals surface area contributed by atoms with E-state index in [0.29, 0.717) is 0 Å². The van der Waals surface area contributed by atoms with Gasteiger partial charge in [-0.2, -0.15) is 0 Å². The van der Waals surface area contributed by atoms with Crippen LogP contribution in [-0.2, 0) is 16.2 Å². The zero-order valence-electron chi connectivity index (χ0n) is 35.0. The number of hydrogen-bond acceptors (Lipinski definition) is 2. The Morgan fingerprint density at radius 2 is 1.19 bits per heavy atom. The molecule has 12 rings (SSSR count). The lowest BCUT2D eigenvalue weighted by molar-refractivity contribution is 0.590. The van der Waals surface area contributed by atoms with Crippen molar-refractivity contribution in [1.82, 2.24) is 0 Å². The van der Waals surface area contributed by atoms with E-state index >= 15 is 0 Å². The van der Waals surface area contributed by atoms with E-state index in [9.17, 15) is 0 Å². The zero-order valence-corrected chi connectivity index (χ0v) is 35.0. The van der Waals surface area contributed by atoms with Gasteiger partial charge >= 0.3 is 6.85 Å². The maximum absolute atomic E-state index is 2.74. The number of rotatable bonds is 2. The molecule has 3 aliphatic heterocycles. The summed E-state index contributed by atoms with van der Waals surface area (Å²) in [5.41, 5.74) is 23.4. The van der Waals surface area contributed by atoms with Crippen LogP contribution in [0.15, 0.2) is 158 Å². The molecule has 8 aromatic rings. The molecule has 0 spiro atoms. The predicted octanol–water partition coefficient (Wildman–Crippen LogP) is 13.5. The summed E-state index contributed by atoms with van der Waals surface area (Å²) in [5, 5.41) is 2.57. The third-order valence-electron chi connectivity index (χ3n) is 14.3. The highest BCUT2D eigenvalue weighted by molar-refractivity contribution is 6.94. The van der Waals surface area contributed by atoms with Crippen LogP contribution in [0.1, 0.15) is 76.3 Å². The molecule has 3 heterocycles. The molecule has 2 nitrogen and oxygen atoms in total. The minimum absolute atomic E-state index is 0.0171. The summed E-state index contributed by atoms with van der Waals surface area (Å²) in [6, 6.07) is 60.3. The maximum Gasteiger partial charge on any atom is 0.333 e. The van der Waals surface area contributed by atoms with Crippen LogP contribution in [-0.4, -0.2) is 6.85 Å². The molecule has 0 radical (unpaired) electrons. The van der Waals surface area contributed by atoms with E-state index < -0.39 is 0 Å². The second-order valence-corrected chi connectivity index (χ2v) is 19.3. The molecule has 4 aliphatic rings. The zero-order chi connectivity index (χ0) is 40.2. The molecule has 59 heavy (non-hydrogen) atoms. The van der Waals surface area contributed by atoms with E-state index in [1.54, 1.807) is 0 Å². The molecular weight excluding hydrogens is 711 g/mol. The minimum atomic E-state index is -0.246. The third-order valence-corrected chi connectivity index (χ3v) is 14.3. The number of nitrogens with zero attached hydrogens (tertiary/aromatic N) is 2. The molecule has 0 bridgehead atoms. The first-order valence-corrected chi connectivity index (χ1v) is 21.3. The van der Waals surface area contributed by atoms with Crippen LogP contribution < -0.4 is 20.6 Å². The highest BCUT2D eigenvalue weighted by Crippen LogP contribution is 2.60. The van der Waals surface area contributed by atoms with Crippen molar-refractivity contribution in [2.24, 2.45) is 0 Å². The molecule has 3 heteroatoms. The van der Waals surface area contributed by atoms with E-state index in [-0.39, 0.29) is 23.1 Å². The molecule has 0 saturated carbocycles. The summed E-state index contributed by atoms with van der Waals surface area (Å²) in [6.45, 7) is 16.7. The van der Waals surface area contributed by atoms with E-state index in [2.05, 4.69) is 216 Å². The SMILES string of the molecule is CC(C)(C)c1ccc(N2c3cc4ccccc4c4c3B(c3ccc5c(c32)C(C)(C)c2ccccc2-5)N2c3ccccc3C(C)(C)c3cccc-4c32)c(-c2ccccc2)c1. The Labute approximate surface area is 348 Å². The van der Waals surface area contributed by atoms with Gasteiger partial charge < -0.3 is 9.71 Å². The predicted molar refractivity (Wildman–Crippen MR) is 251 cm³/mol. The molecule has 0 aromatic heterocycles. The fraction of sp³-hybridized carbons (Fsp3) is 0.179. The van der Waals surface area contributed by atoms with Crippen LogP contribution >= 0.6 is 0 Å². The minimum Gasteiger partial charge on any atom is -0.376 e. The lowest BCUT2D eigenvalue weighted by Crippen LogP contribution is -2.63. The van der Waals surface area contributed by atoms with Crippen LogP contribution in [0.25, 0.3) is 44.2 Å². The summed E-state index contributed by atoms with van der Waals surface area (Å²) in [5.74, 6) is 0. The Morgan fingerprint density at radius 1 is 0.492 bits per heavy atom. The van der Waals surface area contributed by atoms with Crippen molar-refractivity contribution in [2.75, 3.05) is 9.71 Å². The van der Waals surface area contributed by atoms with Gasteiger partial charge in [0, 0.05) is 44.7 Å². The van der Waals surface area contributed by atoms with Crippen LogP contribution in [0.2, 0.25) is 0 Å². The van der Waals surface area contributed by atoms with Gasteiger partial charge in [-0.25, -0.2) is 0 Å². The second kappa shape index (κ2) is 11.7. The summed E-state index contributed by atoms with van der Waals surface area (Å²) < 4.78 is 0. The van der Waals surface area contributed by atoms with Crippen molar-refractivity contribution in [3.8, 4) is 33.4 Å². The summed E-state index contributed by atoms with van der Waals surface area (Å²) in [6.07, 6.45) is 0. The highest BCUT2D eigenvalue weighted by Gasteiger charge is 2.52. The first kappa shape index (κ1) is 34.7. The quantitative estimate of drug-likeness (QED) is 0.162.